The van der Waals surface area contributed by atoms with E-state index in [0.717, 1.165) is 75.7 Å². The molecule has 6 N–H and O–H groups in total. The van der Waals surface area contributed by atoms with Crippen molar-refractivity contribution in [1.29, 1.82) is 0 Å². The molecule has 0 amide bonds. The molecule has 0 spiro atoms. The Hall–Kier alpha value is -3.54. The zero-order valence-electron chi connectivity index (χ0n) is 37.0. The van der Waals surface area contributed by atoms with Gasteiger partial charge in [0.05, 0.1) is 24.7 Å². The number of sulfonamides is 2. The van der Waals surface area contributed by atoms with Crippen molar-refractivity contribution in [3.8, 4) is 0 Å². The molecule has 16 heteroatoms. The molecule has 2 aromatic carbocycles. The smallest absolute Gasteiger partial charge is 0.328 e. The standard InChI is InChI=1S/2C20H36N2O3S.C4H4O4/c2*1-4-6-7-8-9-16-22(5-2)17-10-11-20(23)18-12-14-19(15-13-18)21-26(3,24)25;5-3(6)1-2-4(7)8/h2*12-15,20-21,23H,4-11,16-17H2,1-3H3;1-2H,(H,5,6)(H,7,8)/b;;2-1+. The molecule has 344 valence electrons. The van der Waals surface area contributed by atoms with Gasteiger partial charge in [-0.2, -0.15) is 0 Å². The van der Waals surface area contributed by atoms with Crippen molar-refractivity contribution >= 4 is 43.4 Å². The first-order valence-corrected chi connectivity index (χ1v) is 25.2. The van der Waals surface area contributed by atoms with Gasteiger partial charge in [-0.3, -0.25) is 9.44 Å². The van der Waals surface area contributed by atoms with Gasteiger partial charge in [-0.25, -0.2) is 26.4 Å². The second-order valence-corrected chi connectivity index (χ2v) is 18.5. The second kappa shape index (κ2) is 33.1. The number of hydrogen-bond acceptors (Lipinski definition) is 10. The Labute approximate surface area is 361 Å². The average Bonchev–Trinajstić information content (AvgIpc) is 3.18. The van der Waals surface area contributed by atoms with Crippen LogP contribution in [-0.2, 0) is 29.6 Å². The minimum atomic E-state index is -3.27. The van der Waals surface area contributed by atoms with Crippen molar-refractivity contribution in [3.05, 3.63) is 71.8 Å². The third-order valence-electron chi connectivity index (χ3n) is 9.52. The molecule has 0 aliphatic carbocycles. The van der Waals surface area contributed by atoms with Crippen molar-refractivity contribution in [3.63, 3.8) is 0 Å². The topological polar surface area (TPSA) is 214 Å². The van der Waals surface area contributed by atoms with Crippen LogP contribution in [0, 0.1) is 0 Å². The number of nitrogens with zero attached hydrogens (tertiary/aromatic N) is 2. The predicted octanol–water partition coefficient (Wildman–Crippen LogP) is 8.04. The van der Waals surface area contributed by atoms with Gasteiger partial charge in [-0.15, -0.1) is 0 Å². The molecular weight excluding hydrogens is 809 g/mol. The van der Waals surface area contributed by atoms with Crippen LogP contribution in [0.25, 0.3) is 0 Å². The van der Waals surface area contributed by atoms with Gasteiger partial charge in [0.2, 0.25) is 20.0 Å². The lowest BCUT2D eigenvalue weighted by atomic mass is 10.0. The van der Waals surface area contributed by atoms with E-state index in [0.29, 0.717) is 36.4 Å². The maximum absolute atomic E-state index is 11.2. The highest BCUT2D eigenvalue weighted by Gasteiger charge is 2.12. The van der Waals surface area contributed by atoms with Crippen LogP contribution in [-0.4, -0.2) is 111 Å². The molecule has 0 saturated heterocycles. The molecule has 2 aromatic rings. The Kier molecular flexibility index (Phi) is 31.2. The number of hydrogen-bond donors (Lipinski definition) is 6. The van der Waals surface area contributed by atoms with E-state index >= 15 is 0 Å². The van der Waals surface area contributed by atoms with Crippen LogP contribution >= 0.6 is 0 Å². The number of nitrogens with one attached hydrogen (secondary N) is 2. The summed E-state index contributed by atoms with van der Waals surface area (Å²) >= 11 is 0. The van der Waals surface area contributed by atoms with E-state index in [2.05, 4.69) is 46.9 Å². The number of aliphatic hydroxyl groups is 2. The lowest BCUT2D eigenvalue weighted by molar-refractivity contribution is -0.134. The maximum Gasteiger partial charge on any atom is 0.328 e. The van der Waals surface area contributed by atoms with Crippen LogP contribution in [0.5, 0.6) is 0 Å². The fraction of sp³-hybridized carbons (Fsp3) is 0.636. The van der Waals surface area contributed by atoms with Crippen LogP contribution in [0.15, 0.2) is 60.7 Å². The molecular formula is C44H76N4O10S2. The van der Waals surface area contributed by atoms with E-state index in [1.807, 2.05) is 0 Å². The van der Waals surface area contributed by atoms with Crippen molar-refractivity contribution in [2.24, 2.45) is 0 Å². The summed E-state index contributed by atoms with van der Waals surface area (Å²) in [5, 5.41) is 36.3. The number of aliphatic hydroxyl groups excluding tert-OH is 2. The molecule has 0 bridgehead atoms. The van der Waals surface area contributed by atoms with E-state index in [1.54, 1.807) is 48.5 Å². The zero-order valence-corrected chi connectivity index (χ0v) is 38.7. The van der Waals surface area contributed by atoms with Crippen LogP contribution in [0.4, 0.5) is 11.4 Å². The van der Waals surface area contributed by atoms with Gasteiger partial charge in [0.15, 0.2) is 0 Å². The average molecular weight is 885 g/mol. The van der Waals surface area contributed by atoms with E-state index in [4.69, 9.17) is 10.2 Å². The van der Waals surface area contributed by atoms with Gasteiger partial charge >= 0.3 is 11.9 Å². The fourth-order valence-corrected chi connectivity index (χ4v) is 7.33. The summed E-state index contributed by atoms with van der Waals surface area (Å²) < 4.78 is 49.7. The number of rotatable bonds is 30. The Morgan fingerprint density at radius 2 is 0.833 bits per heavy atom. The molecule has 2 rings (SSSR count). The Balaban J connectivity index is 0.000000982. The Bertz CT molecular complexity index is 1550. The molecule has 0 saturated carbocycles. The van der Waals surface area contributed by atoms with Crippen molar-refractivity contribution < 1.29 is 46.9 Å². The van der Waals surface area contributed by atoms with Gasteiger partial charge in [0.25, 0.3) is 0 Å². The fourth-order valence-electron chi connectivity index (χ4n) is 6.20. The normalized spacial score (nSPS) is 12.6. The van der Waals surface area contributed by atoms with Crippen LogP contribution in [0.2, 0.25) is 0 Å². The summed E-state index contributed by atoms with van der Waals surface area (Å²) in [6.07, 6.45) is 18.7. The summed E-state index contributed by atoms with van der Waals surface area (Å²) in [4.78, 5) is 24.0. The molecule has 0 radical (unpaired) electrons. The van der Waals surface area contributed by atoms with Crippen LogP contribution in [0.1, 0.15) is 141 Å². The first-order valence-electron chi connectivity index (χ1n) is 21.4. The minimum Gasteiger partial charge on any atom is -0.478 e. The first kappa shape index (κ1) is 56.5. The van der Waals surface area contributed by atoms with E-state index in [9.17, 15) is 36.6 Å². The van der Waals surface area contributed by atoms with E-state index in [-0.39, 0.29) is 0 Å². The third-order valence-corrected chi connectivity index (χ3v) is 10.7. The van der Waals surface area contributed by atoms with E-state index in [1.165, 1.54) is 64.2 Å². The Morgan fingerprint density at radius 3 is 1.10 bits per heavy atom. The quantitative estimate of drug-likeness (QED) is 0.0325. The first-order chi connectivity index (χ1) is 28.3. The SMILES string of the molecule is CCCCCCCN(CC)CCCC(O)c1ccc(NS(C)(=O)=O)cc1.CCCCCCCN(CC)CCCC(O)c1ccc(NS(C)(=O)=O)cc1.O=C(O)/C=C/C(=O)O. The highest BCUT2D eigenvalue weighted by molar-refractivity contribution is 7.92. The molecule has 0 fully saturated rings. The number of carboxylic acid groups (broad SMARTS) is 2. The van der Waals surface area contributed by atoms with Gasteiger partial charge < -0.3 is 30.2 Å². The van der Waals surface area contributed by atoms with Gasteiger partial charge in [0.1, 0.15) is 0 Å². The number of benzene rings is 2. The summed E-state index contributed by atoms with van der Waals surface area (Å²) in [5.41, 5.74) is 2.69. The molecule has 2 atom stereocenters. The van der Waals surface area contributed by atoms with Gasteiger partial charge in [-0.1, -0.05) is 103 Å². The monoisotopic (exact) mass is 885 g/mol. The Morgan fingerprint density at radius 1 is 0.533 bits per heavy atom. The van der Waals surface area contributed by atoms with Crippen LogP contribution < -0.4 is 9.44 Å². The number of anilines is 2. The molecule has 2 unspecified atom stereocenters. The van der Waals surface area contributed by atoms with Crippen LogP contribution in [0.3, 0.4) is 0 Å². The number of aliphatic carboxylic acids is 2. The van der Waals surface area contributed by atoms with Crippen molar-refractivity contribution in [2.75, 3.05) is 61.2 Å². The largest absolute Gasteiger partial charge is 0.478 e. The highest BCUT2D eigenvalue weighted by Crippen LogP contribution is 2.22. The summed E-state index contributed by atoms with van der Waals surface area (Å²) in [7, 11) is -6.54. The van der Waals surface area contributed by atoms with Gasteiger partial charge in [0, 0.05) is 23.5 Å². The van der Waals surface area contributed by atoms with Crippen molar-refractivity contribution in [2.45, 2.75) is 130 Å². The van der Waals surface area contributed by atoms with Gasteiger partial charge in [-0.05, 0) is 113 Å². The highest BCUT2D eigenvalue weighted by atomic mass is 32.2. The lowest BCUT2D eigenvalue weighted by Gasteiger charge is -2.21. The van der Waals surface area contributed by atoms with Crippen molar-refractivity contribution in [1.82, 2.24) is 9.80 Å². The zero-order chi connectivity index (χ0) is 45.4. The third kappa shape index (κ3) is 32.3. The minimum absolute atomic E-state index is 0.509. The number of unbranched alkanes of at least 4 members (excludes halogenated alkanes) is 8. The number of carboxylic acids is 2. The summed E-state index contributed by atoms with van der Waals surface area (Å²) in [6.45, 7) is 15.3. The number of carbonyl (C=O) groups is 2. The maximum atomic E-state index is 11.2. The molecule has 60 heavy (non-hydrogen) atoms. The second-order valence-electron chi connectivity index (χ2n) is 15.0. The molecule has 0 aromatic heterocycles. The molecule has 14 nitrogen and oxygen atoms in total. The molecule has 0 heterocycles. The van der Waals surface area contributed by atoms with E-state index < -0.39 is 44.2 Å². The lowest BCUT2D eigenvalue weighted by Crippen LogP contribution is -2.26. The summed E-state index contributed by atoms with van der Waals surface area (Å²) in [6, 6.07) is 13.9. The summed E-state index contributed by atoms with van der Waals surface area (Å²) in [5.74, 6) is -2.51. The molecule has 0 aliphatic heterocycles. The predicted molar refractivity (Wildman–Crippen MR) is 244 cm³/mol. The molecule has 0 aliphatic rings.